The van der Waals surface area contributed by atoms with Gasteiger partial charge in [-0.15, -0.1) is 0 Å². The van der Waals surface area contributed by atoms with Crippen LogP contribution in [0.5, 0.6) is 0 Å². The highest BCUT2D eigenvalue weighted by molar-refractivity contribution is 5.61. The molecular formula is C11H16N2. The molecule has 13 heavy (non-hydrogen) atoms. The van der Waals surface area contributed by atoms with Gasteiger partial charge in [-0.05, 0) is 35.7 Å². The van der Waals surface area contributed by atoms with Crippen LogP contribution < -0.4 is 11.1 Å². The highest BCUT2D eigenvalue weighted by Gasteiger charge is 2.08. The van der Waals surface area contributed by atoms with Crippen molar-refractivity contribution in [1.82, 2.24) is 5.32 Å². The van der Waals surface area contributed by atoms with E-state index in [1.54, 1.807) is 0 Å². The fraction of sp³-hybridized carbons (Fsp3) is 0.273. The lowest BCUT2D eigenvalue weighted by Crippen LogP contribution is -2.23. The molecule has 2 heteroatoms. The Balaban J connectivity index is 0.000000980. The number of benzene rings is 1. The predicted octanol–water partition coefficient (Wildman–Crippen LogP) is 1.51. The quantitative estimate of drug-likeness (QED) is 0.680. The lowest BCUT2D eigenvalue weighted by molar-refractivity contribution is 0.643. The van der Waals surface area contributed by atoms with Crippen molar-refractivity contribution in [3.05, 3.63) is 41.5 Å². The van der Waals surface area contributed by atoms with Crippen molar-refractivity contribution in [3.63, 3.8) is 0 Å². The van der Waals surface area contributed by atoms with Crippen LogP contribution in [-0.4, -0.2) is 6.54 Å². The first-order valence-corrected chi connectivity index (χ1v) is 4.54. The van der Waals surface area contributed by atoms with Crippen molar-refractivity contribution >= 4 is 5.70 Å². The Bertz CT molecular complexity index is 347. The van der Waals surface area contributed by atoms with Crippen molar-refractivity contribution < 1.29 is 1.43 Å². The topological polar surface area (TPSA) is 38.0 Å². The molecule has 1 aliphatic heterocycles. The summed E-state index contributed by atoms with van der Waals surface area (Å²) in [5.41, 5.74) is 10.1. The van der Waals surface area contributed by atoms with Gasteiger partial charge in [-0.3, -0.25) is 0 Å². The maximum absolute atomic E-state index is 5.63. The third-order valence-corrected chi connectivity index (χ3v) is 2.46. The molecule has 0 radical (unpaired) electrons. The molecule has 3 N–H and O–H groups in total. The minimum absolute atomic E-state index is 0. The van der Waals surface area contributed by atoms with Crippen molar-refractivity contribution in [2.45, 2.75) is 13.0 Å². The van der Waals surface area contributed by atoms with E-state index in [1.807, 2.05) is 6.07 Å². The van der Waals surface area contributed by atoms with E-state index < -0.39 is 0 Å². The summed E-state index contributed by atoms with van der Waals surface area (Å²) in [6.07, 6.45) is 1.12. The molecule has 1 heterocycles. The molecule has 70 valence electrons. The van der Waals surface area contributed by atoms with Crippen LogP contribution in [0.2, 0.25) is 0 Å². The average Bonchev–Trinajstić information content (AvgIpc) is 2.17. The van der Waals surface area contributed by atoms with Gasteiger partial charge in [0.05, 0.1) is 0 Å². The van der Waals surface area contributed by atoms with E-state index >= 15 is 0 Å². The minimum Gasteiger partial charge on any atom is -0.399 e. The van der Waals surface area contributed by atoms with Gasteiger partial charge in [0.15, 0.2) is 0 Å². The molecule has 2 rings (SSSR count). The molecule has 1 aliphatic rings. The fourth-order valence-electron chi connectivity index (χ4n) is 1.68. The van der Waals surface area contributed by atoms with Gasteiger partial charge in [-0.2, -0.15) is 0 Å². The third kappa shape index (κ3) is 1.58. The van der Waals surface area contributed by atoms with Crippen molar-refractivity contribution in [3.8, 4) is 0 Å². The zero-order valence-corrected chi connectivity index (χ0v) is 7.64. The summed E-state index contributed by atoms with van der Waals surface area (Å²) in [7, 11) is 0. The van der Waals surface area contributed by atoms with E-state index in [0.717, 1.165) is 25.1 Å². The monoisotopic (exact) mass is 176 g/mol. The van der Waals surface area contributed by atoms with Gasteiger partial charge in [0.1, 0.15) is 0 Å². The highest BCUT2D eigenvalue weighted by atomic mass is 14.9. The van der Waals surface area contributed by atoms with Crippen LogP contribution in [0, 0.1) is 0 Å². The number of hydrogen-bond acceptors (Lipinski definition) is 2. The Morgan fingerprint density at radius 3 is 3.08 bits per heavy atom. The molecule has 0 aliphatic carbocycles. The second-order valence-corrected chi connectivity index (χ2v) is 3.44. The van der Waals surface area contributed by atoms with Crippen LogP contribution >= 0.6 is 0 Å². The average molecular weight is 176 g/mol. The Kier molecular flexibility index (Phi) is 2.07. The molecule has 0 aromatic heterocycles. The lowest BCUT2D eigenvalue weighted by Gasteiger charge is -2.17. The molecule has 0 atom stereocenters. The van der Waals surface area contributed by atoms with Gasteiger partial charge in [0.2, 0.25) is 0 Å². The van der Waals surface area contributed by atoms with Crippen molar-refractivity contribution in [2.24, 2.45) is 5.73 Å². The predicted molar refractivity (Wildman–Crippen MR) is 57.2 cm³/mol. The molecule has 0 unspecified atom stereocenters. The number of hydrogen-bond donors (Lipinski definition) is 2. The Labute approximate surface area is 79.9 Å². The largest absolute Gasteiger partial charge is 0.399 e. The van der Waals surface area contributed by atoms with Crippen LogP contribution in [-0.2, 0) is 13.0 Å². The maximum Gasteiger partial charge on any atom is 0.0314 e. The molecular weight excluding hydrogens is 160 g/mol. The van der Waals surface area contributed by atoms with E-state index in [2.05, 4.69) is 24.0 Å². The molecule has 0 amide bonds. The first-order valence-electron chi connectivity index (χ1n) is 4.54. The SMILES string of the molecule is C=C(N)c1ccc2c(c1)CNCC2.[HH]. The van der Waals surface area contributed by atoms with Crippen LogP contribution in [0.25, 0.3) is 5.70 Å². The Morgan fingerprint density at radius 2 is 2.31 bits per heavy atom. The summed E-state index contributed by atoms with van der Waals surface area (Å²) in [6.45, 7) is 5.77. The molecule has 0 bridgehead atoms. The molecule has 1 aromatic carbocycles. The number of nitrogens with one attached hydrogen (secondary N) is 1. The standard InChI is InChI=1S/C11H14N2.H2/c1-8(12)10-3-2-9-4-5-13-7-11(9)6-10;/h2-3,6,13H,1,4-5,7,12H2;1H. The fourth-order valence-corrected chi connectivity index (χ4v) is 1.68. The molecule has 0 saturated carbocycles. The molecule has 0 saturated heterocycles. The van der Waals surface area contributed by atoms with E-state index in [0.29, 0.717) is 5.70 Å². The number of nitrogens with two attached hydrogens (primary N) is 1. The molecule has 0 spiro atoms. The van der Waals surface area contributed by atoms with Crippen molar-refractivity contribution in [1.29, 1.82) is 0 Å². The molecule has 0 fully saturated rings. The summed E-state index contributed by atoms with van der Waals surface area (Å²) in [5.74, 6) is 0. The van der Waals surface area contributed by atoms with E-state index in [-0.39, 0.29) is 1.43 Å². The third-order valence-electron chi connectivity index (χ3n) is 2.46. The van der Waals surface area contributed by atoms with Gasteiger partial charge in [0, 0.05) is 13.7 Å². The van der Waals surface area contributed by atoms with Crippen LogP contribution in [0.15, 0.2) is 24.8 Å². The second-order valence-electron chi connectivity index (χ2n) is 3.44. The summed E-state index contributed by atoms with van der Waals surface area (Å²) >= 11 is 0. The van der Waals surface area contributed by atoms with Gasteiger partial charge < -0.3 is 11.1 Å². The zero-order chi connectivity index (χ0) is 9.26. The number of rotatable bonds is 1. The molecule has 2 nitrogen and oxygen atoms in total. The van der Waals surface area contributed by atoms with E-state index in [9.17, 15) is 0 Å². The van der Waals surface area contributed by atoms with E-state index in [4.69, 9.17) is 5.73 Å². The summed E-state index contributed by atoms with van der Waals surface area (Å²) < 4.78 is 0. The second kappa shape index (κ2) is 3.23. The van der Waals surface area contributed by atoms with E-state index in [1.165, 1.54) is 11.1 Å². The van der Waals surface area contributed by atoms with Crippen molar-refractivity contribution in [2.75, 3.05) is 6.54 Å². The van der Waals surface area contributed by atoms with Crippen LogP contribution in [0.4, 0.5) is 0 Å². The smallest absolute Gasteiger partial charge is 0.0314 e. The molecule has 1 aromatic rings. The van der Waals surface area contributed by atoms with Gasteiger partial charge in [-0.25, -0.2) is 0 Å². The highest BCUT2D eigenvalue weighted by Crippen LogP contribution is 2.17. The summed E-state index contributed by atoms with van der Waals surface area (Å²) in [4.78, 5) is 0. The Morgan fingerprint density at radius 1 is 1.46 bits per heavy atom. The summed E-state index contributed by atoms with van der Waals surface area (Å²) in [5, 5.41) is 3.34. The van der Waals surface area contributed by atoms with Crippen LogP contribution in [0.3, 0.4) is 0 Å². The zero-order valence-electron chi connectivity index (χ0n) is 7.64. The van der Waals surface area contributed by atoms with Gasteiger partial charge >= 0.3 is 0 Å². The first kappa shape index (κ1) is 8.32. The normalized spacial score (nSPS) is 15.1. The van der Waals surface area contributed by atoms with Crippen LogP contribution in [0.1, 0.15) is 18.1 Å². The Hall–Kier alpha value is -1.28. The van der Waals surface area contributed by atoms with Gasteiger partial charge in [-0.1, -0.05) is 18.7 Å². The van der Waals surface area contributed by atoms with Gasteiger partial charge in [0.25, 0.3) is 0 Å². The first-order chi connectivity index (χ1) is 6.27. The minimum atomic E-state index is 0. The summed E-state index contributed by atoms with van der Waals surface area (Å²) in [6, 6.07) is 6.33. The maximum atomic E-state index is 5.63. The lowest BCUT2D eigenvalue weighted by atomic mass is 9.98. The number of fused-ring (bicyclic) bond motifs is 1.